The van der Waals surface area contributed by atoms with E-state index in [1.54, 1.807) is 0 Å². The summed E-state index contributed by atoms with van der Waals surface area (Å²) < 4.78 is 0. The minimum atomic E-state index is -0.811. The van der Waals surface area contributed by atoms with Gasteiger partial charge in [0.2, 0.25) is 0 Å². The van der Waals surface area contributed by atoms with Crippen LogP contribution >= 0.6 is 11.8 Å². The first-order chi connectivity index (χ1) is 7.93. The van der Waals surface area contributed by atoms with Crippen molar-refractivity contribution < 1.29 is 9.90 Å². The lowest BCUT2D eigenvalue weighted by Crippen LogP contribution is -2.15. The molecule has 1 unspecified atom stereocenters. The molecule has 5 heteroatoms. The van der Waals surface area contributed by atoms with Gasteiger partial charge in [-0.1, -0.05) is 32.5 Å². The van der Waals surface area contributed by atoms with E-state index in [1.165, 1.54) is 11.8 Å². The van der Waals surface area contributed by atoms with Gasteiger partial charge in [0.1, 0.15) is 5.25 Å². The Morgan fingerprint density at radius 2 is 2.12 bits per heavy atom. The topological polar surface area (TPSA) is 63.1 Å². The van der Waals surface area contributed by atoms with Crippen molar-refractivity contribution >= 4 is 17.7 Å². The normalized spacial score (nSPS) is 12.8. The van der Waals surface area contributed by atoms with Gasteiger partial charge in [0.05, 0.1) is 0 Å². The van der Waals surface area contributed by atoms with Gasteiger partial charge in [-0.15, -0.1) is 0 Å². The molecule has 0 fully saturated rings. The zero-order valence-electron chi connectivity index (χ0n) is 10.6. The predicted octanol–water partition coefficient (Wildman–Crippen LogP) is 2.86. The van der Waals surface area contributed by atoms with Crippen molar-refractivity contribution in [3.8, 4) is 0 Å². The highest BCUT2D eigenvalue weighted by Crippen LogP contribution is 2.24. The fourth-order valence-electron chi connectivity index (χ4n) is 1.35. The Morgan fingerprint density at radius 3 is 2.59 bits per heavy atom. The van der Waals surface area contributed by atoms with Crippen LogP contribution in [0.15, 0.2) is 11.2 Å². The van der Waals surface area contributed by atoms with Crippen LogP contribution in [0.5, 0.6) is 0 Å². The van der Waals surface area contributed by atoms with Gasteiger partial charge in [0.25, 0.3) is 0 Å². The Morgan fingerprint density at radius 1 is 1.47 bits per heavy atom. The van der Waals surface area contributed by atoms with Crippen LogP contribution < -0.4 is 0 Å². The molecular formula is C12H18N2O2S. The summed E-state index contributed by atoms with van der Waals surface area (Å²) in [7, 11) is 0. The Balaban J connectivity index is 2.94. The summed E-state index contributed by atoms with van der Waals surface area (Å²) >= 11 is 1.22. The van der Waals surface area contributed by atoms with Crippen LogP contribution in [0.4, 0.5) is 0 Å². The zero-order chi connectivity index (χ0) is 13.0. The highest BCUT2D eigenvalue weighted by atomic mass is 32.2. The number of nitrogens with zero attached hydrogens (tertiary/aromatic N) is 2. The largest absolute Gasteiger partial charge is 0.480 e. The lowest BCUT2D eigenvalue weighted by atomic mass is 10.1. The van der Waals surface area contributed by atoms with E-state index >= 15 is 0 Å². The van der Waals surface area contributed by atoms with Crippen LogP contribution in [-0.2, 0) is 4.79 Å². The molecule has 0 aromatic carbocycles. The molecule has 1 heterocycles. The number of hydrogen-bond donors (Lipinski definition) is 1. The maximum Gasteiger partial charge on any atom is 0.317 e. The standard InChI is InChI=1S/C12H18N2O2S/c1-5-10(11(15)16)17-12-13-8(4)6-9(14-12)7(2)3/h6-7,10H,5H2,1-4H3,(H,15,16). The molecule has 0 radical (unpaired) electrons. The van der Waals surface area contributed by atoms with E-state index in [4.69, 9.17) is 5.11 Å². The highest BCUT2D eigenvalue weighted by Gasteiger charge is 2.18. The first-order valence-electron chi connectivity index (χ1n) is 5.69. The summed E-state index contributed by atoms with van der Waals surface area (Å²) in [5.74, 6) is -0.491. The van der Waals surface area contributed by atoms with Gasteiger partial charge in [-0.3, -0.25) is 4.79 Å². The van der Waals surface area contributed by atoms with Gasteiger partial charge in [-0.05, 0) is 25.3 Å². The molecule has 1 N–H and O–H groups in total. The van der Waals surface area contributed by atoms with Crippen LogP contribution in [0.25, 0.3) is 0 Å². The summed E-state index contributed by atoms with van der Waals surface area (Å²) in [6.45, 7) is 7.87. The molecule has 0 amide bonds. The Kier molecular flexibility index (Phi) is 4.93. The first kappa shape index (κ1) is 14.0. The molecule has 1 atom stereocenters. The highest BCUT2D eigenvalue weighted by molar-refractivity contribution is 8.00. The van der Waals surface area contributed by atoms with E-state index in [2.05, 4.69) is 23.8 Å². The van der Waals surface area contributed by atoms with E-state index in [9.17, 15) is 4.79 Å². The maximum absolute atomic E-state index is 11.0. The number of carboxylic acid groups (broad SMARTS) is 1. The van der Waals surface area contributed by atoms with Crippen LogP contribution in [0.1, 0.15) is 44.5 Å². The number of thioether (sulfide) groups is 1. The van der Waals surface area contributed by atoms with Gasteiger partial charge < -0.3 is 5.11 Å². The van der Waals surface area contributed by atoms with Gasteiger partial charge in [-0.2, -0.15) is 0 Å². The number of aliphatic carboxylic acids is 1. The van der Waals surface area contributed by atoms with Crippen molar-refractivity contribution in [3.63, 3.8) is 0 Å². The number of carbonyl (C=O) groups is 1. The minimum Gasteiger partial charge on any atom is -0.480 e. The first-order valence-corrected chi connectivity index (χ1v) is 6.57. The molecule has 1 rings (SSSR count). The fraction of sp³-hybridized carbons (Fsp3) is 0.583. The molecule has 1 aromatic heterocycles. The van der Waals surface area contributed by atoms with Crippen molar-refractivity contribution in [2.45, 2.75) is 50.4 Å². The summed E-state index contributed by atoms with van der Waals surface area (Å²) in [6, 6.07) is 1.94. The number of aromatic nitrogens is 2. The van der Waals surface area contributed by atoms with Crippen molar-refractivity contribution in [1.82, 2.24) is 9.97 Å². The molecule has 0 saturated carbocycles. The Labute approximate surface area is 106 Å². The van der Waals surface area contributed by atoms with Gasteiger partial charge in [0.15, 0.2) is 5.16 Å². The van der Waals surface area contributed by atoms with Gasteiger partial charge in [-0.25, -0.2) is 9.97 Å². The molecule has 0 bridgehead atoms. The van der Waals surface area contributed by atoms with Crippen LogP contribution in [0.2, 0.25) is 0 Å². The van der Waals surface area contributed by atoms with E-state index in [0.717, 1.165) is 11.4 Å². The lowest BCUT2D eigenvalue weighted by molar-refractivity contribution is -0.136. The zero-order valence-corrected chi connectivity index (χ0v) is 11.4. The van der Waals surface area contributed by atoms with Crippen molar-refractivity contribution in [1.29, 1.82) is 0 Å². The number of hydrogen-bond acceptors (Lipinski definition) is 4. The minimum absolute atomic E-state index is 0.320. The lowest BCUT2D eigenvalue weighted by Gasteiger charge is -2.11. The number of carboxylic acids is 1. The number of aryl methyl sites for hydroxylation is 1. The van der Waals surface area contributed by atoms with Crippen LogP contribution in [0, 0.1) is 6.92 Å². The Hall–Kier alpha value is -1.10. The monoisotopic (exact) mass is 254 g/mol. The molecule has 0 aliphatic heterocycles. The number of rotatable bonds is 5. The maximum atomic E-state index is 11.0. The van der Waals surface area contributed by atoms with Crippen LogP contribution in [-0.4, -0.2) is 26.3 Å². The van der Waals surface area contributed by atoms with Crippen molar-refractivity contribution in [2.24, 2.45) is 0 Å². The summed E-state index contributed by atoms with van der Waals surface area (Å²) in [6.07, 6.45) is 0.564. The second-order valence-electron chi connectivity index (χ2n) is 4.22. The molecule has 4 nitrogen and oxygen atoms in total. The van der Waals surface area contributed by atoms with Gasteiger partial charge >= 0.3 is 5.97 Å². The molecule has 0 spiro atoms. The van der Waals surface area contributed by atoms with Crippen molar-refractivity contribution in [3.05, 3.63) is 17.5 Å². The fourth-order valence-corrected chi connectivity index (χ4v) is 2.23. The molecule has 94 valence electrons. The average molecular weight is 254 g/mol. The third-order valence-corrected chi connectivity index (χ3v) is 3.55. The van der Waals surface area contributed by atoms with E-state index in [1.807, 2.05) is 19.9 Å². The van der Waals surface area contributed by atoms with Gasteiger partial charge in [0, 0.05) is 11.4 Å². The summed E-state index contributed by atoms with van der Waals surface area (Å²) in [4.78, 5) is 19.6. The second-order valence-corrected chi connectivity index (χ2v) is 5.39. The SMILES string of the molecule is CCC(Sc1nc(C)cc(C(C)C)n1)C(=O)O. The van der Waals surface area contributed by atoms with E-state index < -0.39 is 11.2 Å². The molecule has 1 aromatic rings. The van der Waals surface area contributed by atoms with E-state index in [-0.39, 0.29) is 0 Å². The summed E-state index contributed by atoms with van der Waals surface area (Å²) in [5.41, 5.74) is 1.84. The summed E-state index contributed by atoms with van der Waals surface area (Å²) in [5, 5.41) is 9.09. The quantitative estimate of drug-likeness (QED) is 0.646. The van der Waals surface area contributed by atoms with Crippen molar-refractivity contribution in [2.75, 3.05) is 0 Å². The third kappa shape index (κ3) is 4.00. The third-order valence-electron chi connectivity index (χ3n) is 2.34. The Bertz CT molecular complexity index is 407. The molecule has 0 aliphatic carbocycles. The molecular weight excluding hydrogens is 236 g/mol. The predicted molar refractivity (Wildman–Crippen MR) is 68.4 cm³/mol. The van der Waals surface area contributed by atoms with Crippen LogP contribution in [0.3, 0.4) is 0 Å². The molecule has 0 aliphatic rings. The second kappa shape index (κ2) is 6.00. The molecule has 17 heavy (non-hydrogen) atoms. The molecule has 0 saturated heterocycles. The average Bonchev–Trinajstić information content (AvgIpc) is 2.24. The van der Waals surface area contributed by atoms with E-state index in [0.29, 0.717) is 17.5 Å². The smallest absolute Gasteiger partial charge is 0.317 e.